The lowest BCUT2D eigenvalue weighted by molar-refractivity contribution is -0.140. The van der Waals surface area contributed by atoms with E-state index in [-0.39, 0.29) is 54.0 Å². The smallest absolute Gasteiger partial charge is 0.338 e. The molecule has 1 heterocycles. The summed E-state index contributed by atoms with van der Waals surface area (Å²) in [5.41, 5.74) is 5.22. The zero-order chi connectivity index (χ0) is 21.6. The van der Waals surface area contributed by atoms with Crippen molar-refractivity contribution in [3.8, 4) is 17.2 Å². The molecule has 1 aromatic rings. The zero-order valence-corrected chi connectivity index (χ0v) is 17.2. The number of carbonyl (C=O) groups excluding carboxylic acids is 3. The van der Waals surface area contributed by atoms with E-state index in [4.69, 9.17) is 24.7 Å². The van der Waals surface area contributed by atoms with E-state index in [2.05, 4.69) is 0 Å². The summed E-state index contributed by atoms with van der Waals surface area (Å²) in [6.07, 6.45) is 2.95. The third-order valence-electron chi connectivity index (χ3n) is 4.86. The van der Waals surface area contributed by atoms with Crippen LogP contribution in [0.5, 0.6) is 17.2 Å². The predicted octanol–water partition coefficient (Wildman–Crippen LogP) is 1.51. The topological polar surface area (TPSA) is 117 Å². The highest BCUT2D eigenvalue weighted by molar-refractivity contribution is 5.93. The SMILES string of the molecule is COc1cc(C(=O)OCC(=O)N2[C@@H](C)CCC[C@@H]2C)cc(OC)c1OCC(N)=O. The van der Waals surface area contributed by atoms with Crippen molar-refractivity contribution in [2.24, 2.45) is 5.73 Å². The Labute approximate surface area is 170 Å². The van der Waals surface area contributed by atoms with Gasteiger partial charge in [-0.1, -0.05) is 0 Å². The van der Waals surface area contributed by atoms with Crippen LogP contribution in [0.3, 0.4) is 0 Å². The van der Waals surface area contributed by atoms with Gasteiger partial charge in [-0.25, -0.2) is 4.79 Å². The molecule has 0 spiro atoms. The molecule has 0 bridgehead atoms. The Bertz CT molecular complexity index is 730. The first-order valence-corrected chi connectivity index (χ1v) is 9.43. The van der Waals surface area contributed by atoms with Crippen molar-refractivity contribution >= 4 is 17.8 Å². The maximum absolute atomic E-state index is 12.5. The van der Waals surface area contributed by atoms with Gasteiger partial charge in [-0.2, -0.15) is 0 Å². The highest BCUT2D eigenvalue weighted by Gasteiger charge is 2.29. The number of methoxy groups -OCH3 is 2. The first-order chi connectivity index (χ1) is 13.8. The zero-order valence-electron chi connectivity index (χ0n) is 17.2. The van der Waals surface area contributed by atoms with Gasteiger partial charge in [0.15, 0.2) is 24.7 Å². The molecule has 9 nitrogen and oxygen atoms in total. The number of likely N-dealkylation sites (tertiary alicyclic amines) is 1. The van der Waals surface area contributed by atoms with Crippen LogP contribution in [0.15, 0.2) is 12.1 Å². The molecule has 29 heavy (non-hydrogen) atoms. The molecular weight excluding hydrogens is 380 g/mol. The maximum atomic E-state index is 12.5. The molecule has 1 aliphatic rings. The monoisotopic (exact) mass is 408 g/mol. The molecule has 2 amide bonds. The second-order valence-electron chi connectivity index (χ2n) is 6.97. The van der Waals surface area contributed by atoms with Crippen LogP contribution in [-0.2, 0) is 14.3 Å². The van der Waals surface area contributed by atoms with Gasteiger partial charge in [0.2, 0.25) is 5.75 Å². The van der Waals surface area contributed by atoms with Crippen LogP contribution in [0.4, 0.5) is 0 Å². The van der Waals surface area contributed by atoms with Crippen LogP contribution >= 0.6 is 0 Å². The third kappa shape index (κ3) is 5.52. The molecule has 0 aromatic heterocycles. The van der Waals surface area contributed by atoms with Crippen LogP contribution in [0, 0.1) is 0 Å². The minimum absolute atomic E-state index is 0.117. The normalized spacial score (nSPS) is 18.7. The number of esters is 1. The average Bonchev–Trinajstić information content (AvgIpc) is 2.69. The van der Waals surface area contributed by atoms with Gasteiger partial charge in [-0.15, -0.1) is 0 Å². The molecule has 2 N–H and O–H groups in total. The van der Waals surface area contributed by atoms with Gasteiger partial charge in [-0.3, -0.25) is 9.59 Å². The van der Waals surface area contributed by atoms with E-state index in [0.717, 1.165) is 19.3 Å². The number of ether oxygens (including phenoxy) is 4. The Hall–Kier alpha value is -2.97. The van der Waals surface area contributed by atoms with E-state index in [1.165, 1.54) is 26.4 Å². The number of benzene rings is 1. The summed E-state index contributed by atoms with van der Waals surface area (Å²) in [6.45, 7) is 3.27. The van der Waals surface area contributed by atoms with Crippen molar-refractivity contribution in [2.45, 2.75) is 45.2 Å². The van der Waals surface area contributed by atoms with E-state index in [1.807, 2.05) is 13.8 Å². The molecule has 2 rings (SSSR count). The average molecular weight is 408 g/mol. The van der Waals surface area contributed by atoms with Gasteiger partial charge in [0.1, 0.15) is 0 Å². The van der Waals surface area contributed by atoms with Crippen molar-refractivity contribution in [1.29, 1.82) is 0 Å². The fraction of sp³-hybridized carbons (Fsp3) is 0.550. The molecule has 1 fully saturated rings. The Morgan fingerprint density at radius 1 is 1.03 bits per heavy atom. The first kappa shape index (κ1) is 22.3. The van der Waals surface area contributed by atoms with E-state index in [0.29, 0.717) is 0 Å². The van der Waals surface area contributed by atoms with Crippen molar-refractivity contribution in [3.05, 3.63) is 17.7 Å². The molecule has 1 aromatic carbocycles. The summed E-state index contributed by atoms with van der Waals surface area (Å²) < 4.78 is 21.0. The van der Waals surface area contributed by atoms with Crippen molar-refractivity contribution in [3.63, 3.8) is 0 Å². The molecular formula is C20H28N2O7. The fourth-order valence-electron chi connectivity index (χ4n) is 3.48. The highest BCUT2D eigenvalue weighted by atomic mass is 16.5. The largest absolute Gasteiger partial charge is 0.493 e. The van der Waals surface area contributed by atoms with Crippen LogP contribution in [0.2, 0.25) is 0 Å². The van der Waals surface area contributed by atoms with E-state index >= 15 is 0 Å². The van der Waals surface area contributed by atoms with Gasteiger partial charge in [0.25, 0.3) is 11.8 Å². The summed E-state index contributed by atoms with van der Waals surface area (Å²) in [5.74, 6) is -1.12. The van der Waals surface area contributed by atoms with Gasteiger partial charge in [-0.05, 0) is 45.2 Å². The minimum atomic E-state index is -0.700. The van der Waals surface area contributed by atoms with Crippen molar-refractivity contribution < 1.29 is 33.3 Å². The molecule has 0 unspecified atom stereocenters. The van der Waals surface area contributed by atoms with Crippen LogP contribution in [0.1, 0.15) is 43.5 Å². The number of rotatable bonds is 8. The second kappa shape index (κ2) is 9.99. The molecule has 0 radical (unpaired) electrons. The van der Waals surface area contributed by atoms with Gasteiger partial charge < -0.3 is 29.6 Å². The third-order valence-corrected chi connectivity index (χ3v) is 4.86. The van der Waals surface area contributed by atoms with Crippen LogP contribution in [0.25, 0.3) is 0 Å². The van der Waals surface area contributed by atoms with Gasteiger partial charge in [0.05, 0.1) is 19.8 Å². The van der Waals surface area contributed by atoms with Gasteiger partial charge >= 0.3 is 5.97 Å². The molecule has 1 saturated heterocycles. The lowest BCUT2D eigenvalue weighted by Crippen LogP contribution is -2.49. The summed E-state index contributed by atoms with van der Waals surface area (Å²) in [5, 5.41) is 0. The lowest BCUT2D eigenvalue weighted by atomic mass is 9.97. The lowest BCUT2D eigenvalue weighted by Gasteiger charge is -2.38. The molecule has 1 aliphatic heterocycles. The summed E-state index contributed by atoms with van der Waals surface area (Å²) in [4.78, 5) is 37.8. The summed E-state index contributed by atoms with van der Waals surface area (Å²) in [6, 6.07) is 3.01. The highest BCUT2D eigenvalue weighted by Crippen LogP contribution is 2.38. The fourth-order valence-corrected chi connectivity index (χ4v) is 3.48. The number of nitrogens with zero attached hydrogens (tertiary/aromatic N) is 1. The van der Waals surface area contributed by atoms with Crippen LogP contribution < -0.4 is 19.9 Å². The predicted molar refractivity (Wildman–Crippen MR) is 104 cm³/mol. The minimum Gasteiger partial charge on any atom is -0.493 e. The quantitative estimate of drug-likeness (QED) is 0.648. The van der Waals surface area contributed by atoms with Crippen molar-refractivity contribution in [1.82, 2.24) is 4.90 Å². The number of carbonyl (C=O) groups is 3. The number of nitrogens with two attached hydrogens (primary N) is 1. The first-order valence-electron chi connectivity index (χ1n) is 9.43. The van der Waals surface area contributed by atoms with Crippen LogP contribution in [-0.4, -0.2) is 62.2 Å². The van der Waals surface area contributed by atoms with E-state index in [1.54, 1.807) is 4.90 Å². The van der Waals surface area contributed by atoms with E-state index < -0.39 is 11.9 Å². The Kier molecular flexibility index (Phi) is 7.69. The van der Waals surface area contributed by atoms with E-state index in [9.17, 15) is 14.4 Å². The Balaban J connectivity index is 2.11. The number of piperidine rings is 1. The standard InChI is InChI=1S/C20H28N2O7/c1-12-6-5-7-13(2)22(12)18(24)11-29-20(25)14-8-15(26-3)19(16(9-14)27-4)28-10-17(21)23/h8-9,12-13H,5-7,10-11H2,1-4H3,(H2,21,23)/t12-,13-/m0/s1. The molecule has 0 aliphatic carbocycles. The Morgan fingerprint density at radius 3 is 2.07 bits per heavy atom. The molecule has 2 atom stereocenters. The number of primary amides is 1. The molecule has 9 heteroatoms. The number of hydrogen-bond acceptors (Lipinski definition) is 7. The summed E-state index contributed by atoms with van der Waals surface area (Å²) in [7, 11) is 2.76. The Morgan fingerprint density at radius 2 is 1.59 bits per heavy atom. The maximum Gasteiger partial charge on any atom is 0.338 e. The molecule has 0 saturated carbocycles. The molecule has 160 valence electrons. The van der Waals surface area contributed by atoms with Gasteiger partial charge in [0, 0.05) is 12.1 Å². The summed E-state index contributed by atoms with van der Waals surface area (Å²) >= 11 is 0. The second-order valence-corrected chi connectivity index (χ2v) is 6.97. The number of amides is 2. The van der Waals surface area contributed by atoms with Crippen molar-refractivity contribution in [2.75, 3.05) is 27.4 Å². The number of hydrogen-bond donors (Lipinski definition) is 1.